The third-order valence-electron chi connectivity index (χ3n) is 4.93. The molecule has 9 nitrogen and oxygen atoms in total. The van der Waals surface area contributed by atoms with Gasteiger partial charge < -0.3 is 20.6 Å². The molecule has 0 atom stereocenters. The summed E-state index contributed by atoms with van der Waals surface area (Å²) >= 11 is 0. The topological polar surface area (TPSA) is 136 Å². The number of aliphatic hydroxyl groups is 1. The highest BCUT2D eigenvalue weighted by molar-refractivity contribution is 6.02. The van der Waals surface area contributed by atoms with Crippen molar-refractivity contribution in [3.63, 3.8) is 0 Å². The summed E-state index contributed by atoms with van der Waals surface area (Å²) in [6.45, 7) is 3.37. The molecule has 9 heteroatoms. The van der Waals surface area contributed by atoms with Crippen molar-refractivity contribution < 1.29 is 14.6 Å². The van der Waals surface area contributed by atoms with Crippen LogP contribution in [0.3, 0.4) is 0 Å². The lowest BCUT2D eigenvalue weighted by molar-refractivity contribution is 0.0786. The molecule has 4 aromatic rings. The second-order valence-electron chi connectivity index (χ2n) is 7.56. The van der Waals surface area contributed by atoms with Crippen molar-refractivity contribution in [2.75, 3.05) is 7.11 Å². The number of aromatic nitrogens is 4. The number of aromatic amines is 1. The van der Waals surface area contributed by atoms with Crippen LogP contribution in [0.4, 0.5) is 0 Å². The molecule has 2 aromatic carbocycles. The van der Waals surface area contributed by atoms with E-state index in [0.717, 1.165) is 0 Å². The molecule has 2 heterocycles. The van der Waals surface area contributed by atoms with Crippen molar-refractivity contribution in [3.05, 3.63) is 70.3 Å². The van der Waals surface area contributed by atoms with Gasteiger partial charge in [-0.3, -0.25) is 4.79 Å². The monoisotopic (exact) mass is 419 g/mol. The van der Waals surface area contributed by atoms with E-state index in [4.69, 9.17) is 10.5 Å². The molecule has 31 heavy (non-hydrogen) atoms. The standard InChI is InChI=1S/C22H21N5O4/c1-22(2,30)13-9-7-12(8-10-13)19-24-16(18(23)28)17-20(26-19)27(21(29)25-17)14-5-4-6-15(11-14)31-3/h4-11,30H,1-3H3,(H2,23,28)(H,25,29). The van der Waals surface area contributed by atoms with E-state index in [1.807, 2.05) is 0 Å². The summed E-state index contributed by atoms with van der Waals surface area (Å²) in [7, 11) is 1.53. The molecule has 0 saturated carbocycles. The molecule has 158 valence electrons. The first-order valence-electron chi connectivity index (χ1n) is 9.49. The summed E-state index contributed by atoms with van der Waals surface area (Å²) in [6.07, 6.45) is 0. The molecular weight excluding hydrogens is 398 g/mol. The summed E-state index contributed by atoms with van der Waals surface area (Å²) in [4.78, 5) is 36.3. The van der Waals surface area contributed by atoms with Gasteiger partial charge in [0.05, 0.1) is 18.4 Å². The number of ether oxygens (including phenoxy) is 1. The number of methoxy groups -OCH3 is 1. The number of imidazole rings is 1. The molecule has 2 aromatic heterocycles. The van der Waals surface area contributed by atoms with Crippen LogP contribution in [0.5, 0.6) is 5.75 Å². The van der Waals surface area contributed by atoms with E-state index in [2.05, 4.69) is 15.0 Å². The minimum atomic E-state index is -1.00. The molecule has 0 unspecified atom stereocenters. The van der Waals surface area contributed by atoms with Crippen molar-refractivity contribution in [2.24, 2.45) is 5.73 Å². The van der Waals surface area contributed by atoms with Crippen LogP contribution in [-0.2, 0) is 5.60 Å². The van der Waals surface area contributed by atoms with E-state index in [-0.39, 0.29) is 22.7 Å². The number of nitrogens with two attached hydrogens (primary N) is 1. The molecule has 0 bridgehead atoms. The van der Waals surface area contributed by atoms with Gasteiger partial charge >= 0.3 is 5.69 Å². The van der Waals surface area contributed by atoms with Crippen molar-refractivity contribution in [1.29, 1.82) is 0 Å². The number of hydrogen-bond acceptors (Lipinski definition) is 6. The number of benzene rings is 2. The molecule has 4 rings (SSSR count). The van der Waals surface area contributed by atoms with Crippen molar-refractivity contribution in [2.45, 2.75) is 19.4 Å². The predicted octanol–water partition coefficient (Wildman–Crippen LogP) is 2.11. The second-order valence-corrected chi connectivity index (χ2v) is 7.56. The SMILES string of the molecule is COc1cccc(-n2c(=O)[nH]c3c(C(N)=O)nc(-c4ccc(C(C)(C)O)cc4)nc32)c1. The van der Waals surface area contributed by atoms with E-state index in [1.165, 1.54) is 11.7 Å². The molecule has 0 radical (unpaired) electrons. The van der Waals surface area contributed by atoms with E-state index in [1.54, 1.807) is 62.4 Å². The third-order valence-corrected chi connectivity index (χ3v) is 4.93. The molecule has 4 N–H and O–H groups in total. The number of nitrogens with zero attached hydrogens (tertiary/aromatic N) is 3. The Morgan fingerprint density at radius 3 is 2.48 bits per heavy atom. The Hall–Kier alpha value is -3.98. The highest BCUT2D eigenvalue weighted by Crippen LogP contribution is 2.26. The van der Waals surface area contributed by atoms with Gasteiger partial charge in [0.25, 0.3) is 5.91 Å². The fraction of sp³-hybridized carbons (Fsp3) is 0.182. The number of rotatable bonds is 5. The third kappa shape index (κ3) is 3.66. The number of H-pyrrole nitrogens is 1. The molecule has 0 saturated heterocycles. The molecule has 0 aliphatic heterocycles. The van der Waals surface area contributed by atoms with Gasteiger partial charge in [-0.15, -0.1) is 0 Å². The summed E-state index contributed by atoms with van der Waals surface area (Å²) < 4.78 is 6.58. The number of fused-ring (bicyclic) bond motifs is 1. The normalized spacial score (nSPS) is 11.6. The minimum Gasteiger partial charge on any atom is -0.497 e. The van der Waals surface area contributed by atoms with E-state index in [0.29, 0.717) is 22.6 Å². The molecular formula is C22H21N5O4. The van der Waals surface area contributed by atoms with Gasteiger partial charge in [0, 0.05) is 11.6 Å². The predicted molar refractivity (Wildman–Crippen MR) is 115 cm³/mol. The first-order valence-corrected chi connectivity index (χ1v) is 9.49. The molecule has 0 spiro atoms. The van der Waals surface area contributed by atoms with Gasteiger partial charge in [-0.2, -0.15) is 0 Å². The lowest BCUT2D eigenvalue weighted by Gasteiger charge is -2.17. The van der Waals surface area contributed by atoms with Crippen LogP contribution in [0, 0.1) is 0 Å². The second kappa shape index (κ2) is 7.37. The van der Waals surface area contributed by atoms with E-state index in [9.17, 15) is 14.7 Å². The van der Waals surface area contributed by atoms with Crippen LogP contribution in [0.2, 0.25) is 0 Å². The van der Waals surface area contributed by atoms with Crippen LogP contribution in [0.1, 0.15) is 29.9 Å². The van der Waals surface area contributed by atoms with Gasteiger partial charge in [-0.05, 0) is 31.5 Å². The number of hydrogen-bond donors (Lipinski definition) is 3. The fourth-order valence-electron chi connectivity index (χ4n) is 3.31. The Kier molecular flexibility index (Phi) is 4.82. The summed E-state index contributed by atoms with van der Waals surface area (Å²) in [6, 6.07) is 13.9. The molecule has 0 aliphatic carbocycles. The Bertz CT molecular complexity index is 1350. The first-order chi connectivity index (χ1) is 14.7. The highest BCUT2D eigenvalue weighted by atomic mass is 16.5. The Morgan fingerprint density at radius 2 is 1.87 bits per heavy atom. The zero-order valence-corrected chi connectivity index (χ0v) is 17.2. The smallest absolute Gasteiger partial charge is 0.332 e. The van der Waals surface area contributed by atoms with Crippen molar-refractivity contribution in [1.82, 2.24) is 19.5 Å². The number of nitrogens with one attached hydrogen (secondary N) is 1. The lowest BCUT2D eigenvalue weighted by atomic mass is 9.97. The highest BCUT2D eigenvalue weighted by Gasteiger charge is 2.21. The van der Waals surface area contributed by atoms with Gasteiger partial charge in [-0.1, -0.05) is 30.3 Å². The Balaban J connectivity index is 1.96. The van der Waals surface area contributed by atoms with Crippen LogP contribution in [0.25, 0.3) is 28.2 Å². The summed E-state index contributed by atoms with van der Waals surface area (Å²) in [5.74, 6) is -0.00888. The number of primary amides is 1. The maximum atomic E-state index is 12.7. The summed E-state index contributed by atoms with van der Waals surface area (Å²) in [5.41, 5.74) is 6.13. The maximum Gasteiger partial charge on any atom is 0.332 e. The van der Waals surface area contributed by atoms with Crippen molar-refractivity contribution in [3.8, 4) is 22.8 Å². The quantitative estimate of drug-likeness (QED) is 0.453. The number of carbonyl (C=O) groups is 1. The number of carbonyl (C=O) groups excluding carboxylic acids is 1. The van der Waals surface area contributed by atoms with Gasteiger partial charge in [0.1, 0.15) is 11.3 Å². The largest absolute Gasteiger partial charge is 0.497 e. The average molecular weight is 419 g/mol. The van der Waals surface area contributed by atoms with Crippen LogP contribution in [-0.4, -0.2) is 37.6 Å². The first kappa shape index (κ1) is 20.3. The number of amides is 1. The average Bonchev–Trinajstić information content (AvgIpc) is 3.08. The zero-order chi connectivity index (χ0) is 22.3. The molecule has 1 amide bonds. The van der Waals surface area contributed by atoms with E-state index < -0.39 is 17.2 Å². The van der Waals surface area contributed by atoms with Gasteiger partial charge in [0.15, 0.2) is 17.2 Å². The Labute approximate surface area is 177 Å². The minimum absolute atomic E-state index is 0.0923. The Morgan fingerprint density at radius 1 is 1.16 bits per heavy atom. The zero-order valence-electron chi connectivity index (χ0n) is 17.2. The van der Waals surface area contributed by atoms with Crippen molar-refractivity contribution >= 4 is 17.1 Å². The maximum absolute atomic E-state index is 12.7. The van der Waals surface area contributed by atoms with Gasteiger partial charge in [-0.25, -0.2) is 19.3 Å². The van der Waals surface area contributed by atoms with E-state index >= 15 is 0 Å². The van der Waals surface area contributed by atoms with Crippen LogP contribution in [0.15, 0.2) is 53.3 Å². The fourth-order valence-corrected chi connectivity index (χ4v) is 3.31. The molecule has 0 aliphatic rings. The lowest BCUT2D eigenvalue weighted by Crippen LogP contribution is -2.16. The molecule has 0 fully saturated rings. The van der Waals surface area contributed by atoms with Crippen LogP contribution >= 0.6 is 0 Å². The van der Waals surface area contributed by atoms with Gasteiger partial charge in [0.2, 0.25) is 0 Å². The summed E-state index contributed by atoms with van der Waals surface area (Å²) in [5, 5.41) is 10.2. The van der Waals surface area contributed by atoms with Crippen LogP contribution < -0.4 is 16.2 Å².